The minimum Gasteiger partial charge on any atom is -0.251 e. The molecule has 0 aliphatic carbocycles. The number of aryl methyl sites for hydroxylation is 1. The minimum absolute atomic E-state index is 0.0835. The van der Waals surface area contributed by atoms with Crippen LogP contribution in [0.25, 0.3) is 5.69 Å². The van der Waals surface area contributed by atoms with Gasteiger partial charge in [-0.2, -0.15) is 30.9 Å². The zero-order valence-corrected chi connectivity index (χ0v) is 11.5. The van der Waals surface area contributed by atoms with E-state index in [1.54, 1.807) is 0 Å². The van der Waals surface area contributed by atoms with E-state index in [0.717, 1.165) is 25.4 Å². The van der Waals surface area contributed by atoms with E-state index in [0.29, 0.717) is 4.57 Å². The van der Waals surface area contributed by atoms with Crippen molar-refractivity contribution in [2.45, 2.75) is 26.2 Å². The van der Waals surface area contributed by atoms with Gasteiger partial charge in [-0.1, -0.05) is 0 Å². The molecule has 0 saturated heterocycles. The average Bonchev–Trinajstić information content (AvgIpc) is 2.35. The van der Waals surface area contributed by atoms with Gasteiger partial charge < -0.3 is 0 Å². The molecule has 0 unspecified atom stereocenters. The highest BCUT2D eigenvalue weighted by Crippen LogP contribution is 2.33. The summed E-state index contributed by atoms with van der Waals surface area (Å²) in [4.78, 5) is 3.23. The zero-order chi connectivity index (χ0) is 16.7. The van der Waals surface area contributed by atoms with Gasteiger partial charge >= 0.3 is 12.4 Å². The molecular weight excluding hydrogens is 310 g/mol. The molecule has 2 rings (SSSR count). The third kappa shape index (κ3) is 2.90. The first kappa shape index (κ1) is 16.3. The van der Waals surface area contributed by atoms with Gasteiger partial charge in [0.05, 0.1) is 5.56 Å². The summed E-state index contributed by atoms with van der Waals surface area (Å²) in [7, 11) is 0. The lowest BCUT2D eigenvalue weighted by Gasteiger charge is -2.13. The first-order chi connectivity index (χ1) is 10.0. The largest absolute Gasteiger partial charge is 0.478 e. The van der Waals surface area contributed by atoms with Crippen LogP contribution in [0.1, 0.15) is 22.5 Å². The van der Waals surface area contributed by atoms with Crippen LogP contribution in [0.3, 0.4) is 0 Å². The van der Waals surface area contributed by atoms with Gasteiger partial charge in [-0.15, -0.1) is 0 Å². The van der Waals surface area contributed by atoms with Crippen molar-refractivity contribution in [3.63, 3.8) is 0 Å². The van der Waals surface area contributed by atoms with E-state index in [9.17, 15) is 26.3 Å². The van der Waals surface area contributed by atoms with Crippen molar-refractivity contribution < 1.29 is 30.9 Å². The van der Waals surface area contributed by atoms with E-state index in [1.807, 2.05) is 0 Å². The topological polar surface area (TPSA) is 16.8 Å². The molecule has 0 N–H and O–H groups in total. The highest BCUT2D eigenvalue weighted by Gasteiger charge is 2.44. The van der Waals surface area contributed by atoms with E-state index in [-0.39, 0.29) is 16.8 Å². The van der Waals surface area contributed by atoms with Crippen LogP contribution in [0.15, 0.2) is 30.6 Å². The number of hydrogen-bond donors (Lipinski definition) is 0. The highest BCUT2D eigenvalue weighted by molar-refractivity contribution is 5.37. The Bertz CT molecular complexity index is 703. The van der Waals surface area contributed by atoms with E-state index in [4.69, 9.17) is 0 Å². The fourth-order valence-corrected chi connectivity index (χ4v) is 2.25. The predicted molar refractivity (Wildman–Crippen MR) is 65.2 cm³/mol. The van der Waals surface area contributed by atoms with E-state index in [1.165, 1.54) is 19.1 Å². The fourth-order valence-electron chi connectivity index (χ4n) is 2.25. The zero-order valence-electron chi connectivity index (χ0n) is 11.5. The molecule has 0 saturated carbocycles. The van der Waals surface area contributed by atoms with Crippen molar-refractivity contribution in [3.8, 4) is 5.69 Å². The molecule has 0 aliphatic rings. The average molecular weight is 321 g/mol. The Labute approximate surface area is 122 Å². The number of alkyl halides is 6. The van der Waals surface area contributed by atoms with Crippen LogP contribution in [0, 0.1) is 13.8 Å². The molecule has 0 aromatic carbocycles. The molecular formula is C14H11F6N2+. The summed E-state index contributed by atoms with van der Waals surface area (Å²) in [5.41, 5.74) is -2.88. The van der Waals surface area contributed by atoms with Gasteiger partial charge in [-0.05, 0) is 19.9 Å². The molecule has 118 valence electrons. The molecule has 22 heavy (non-hydrogen) atoms. The van der Waals surface area contributed by atoms with E-state index in [2.05, 4.69) is 4.98 Å². The molecule has 0 fully saturated rings. The Morgan fingerprint density at radius 2 is 1.59 bits per heavy atom. The fraction of sp³-hybridized carbons (Fsp3) is 0.286. The van der Waals surface area contributed by atoms with Crippen LogP contribution in [-0.4, -0.2) is 4.98 Å². The van der Waals surface area contributed by atoms with Gasteiger partial charge in [0, 0.05) is 23.9 Å². The molecule has 8 heteroatoms. The second-order valence-electron chi connectivity index (χ2n) is 4.71. The number of rotatable bonds is 1. The molecule has 2 heterocycles. The number of nitrogens with zero attached hydrogens (tertiary/aromatic N) is 2. The summed E-state index contributed by atoms with van der Waals surface area (Å²) in [5.74, 6) is 0. The van der Waals surface area contributed by atoms with Crippen LogP contribution in [0.5, 0.6) is 0 Å². The molecule has 0 radical (unpaired) electrons. The highest BCUT2D eigenvalue weighted by atomic mass is 19.4. The Morgan fingerprint density at radius 1 is 0.955 bits per heavy atom. The first-order valence-electron chi connectivity index (χ1n) is 6.15. The van der Waals surface area contributed by atoms with Crippen LogP contribution in [-0.2, 0) is 12.4 Å². The van der Waals surface area contributed by atoms with Crippen LogP contribution in [0.4, 0.5) is 26.3 Å². The maximum Gasteiger partial charge on any atom is 0.478 e. The predicted octanol–water partition coefficient (Wildman–Crippen LogP) is 4.01. The van der Waals surface area contributed by atoms with Crippen molar-refractivity contribution in [2.75, 3.05) is 0 Å². The smallest absolute Gasteiger partial charge is 0.251 e. The van der Waals surface area contributed by atoms with Gasteiger partial charge in [0.2, 0.25) is 5.69 Å². The molecule has 2 aromatic rings. The lowest BCUT2D eigenvalue weighted by atomic mass is 10.1. The molecule has 0 aliphatic heterocycles. The third-order valence-electron chi connectivity index (χ3n) is 3.17. The molecule has 0 spiro atoms. The lowest BCUT2D eigenvalue weighted by Crippen LogP contribution is -2.41. The van der Waals surface area contributed by atoms with Crippen molar-refractivity contribution in [1.29, 1.82) is 0 Å². The van der Waals surface area contributed by atoms with Crippen LogP contribution in [0.2, 0.25) is 0 Å². The number of hydrogen-bond acceptors (Lipinski definition) is 1. The molecule has 2 aromatic heterocycles. The maximum absolute atomic E-state index is 13.2. The van der Waals surface area contributed by atoms with E-state index < -0.39 is 23.7 Å². The van der Waals surface area contributed by atoms with Crippen molar-refractivity contribution in [1.82, 2.24) is 4.98 Å². The van der Waals surface area contributed by atoms with Crippen LogP contribution >= 0.6 is 0 Å². The lowest BCUT2D eigenvalue weighted by molar-refractivity contribution is -0.621. The van der Waals surface area contributed by atoms with Crippen molar-refractivity contribution >= 4 is 0 Å². The molecule has 2 nitrogen and oxygen atoms in total. The van der Waals surface area contributed by atoms with E-state index >= 15 is 0 Å². The minimum atomic E-state index is -4.73. The SMILES string of the molecule is Cc1ccc[n+](-c2ccnc(C(F)(F)F)c2C)c1C(F)(F)F. The quantitative estimate of drug-likeness (QED) is 0.573. The first-order valence-corrected chi connectivity index (χ1v) is 6.15. The molecule has 0 amide bonds. The Morgan fingerprint density at radius 3 is 2.14 bits per heavy atom. The second kappa shape index (κ2) is 5.26. The van der Waals surface area contributed by atoms with Crippen molar-refractivity contribution in [2.24, 2.45) is 0 Å². The summed E-state index contributed by atoms with van der Waals surface area (Å²) in [6.45, 7) is 2.35. The summed E-state index contributed by atoms with van der Waals surface area (Å²) in [5, 5.41) is 0. The van der Waals surface area contributed by atoms with Gasteiger partial charge in [0.1, 0.15) is 0 Å². The second-order valence-corrected chi connectivity index (χ2v) is 4.71. The maximum atomic E-state index is 13.2. The molecule has 0 bridgehead atoms. The van der Waals surface area contributed by atoms with Crippen molar-refractivity contribution in [3.05, 3.63) is 53.1 Å². The monoisotopic (exact) mass is 321 g/mol. The number of pyridine rings is 2. The number of halogens is 6. The van der Waals surface area contributed by atoms with Gasteiger partial charge in [0.25, 0.3) is 5.69 Å². The Kier molecular flexibility index (Phi) is 3.88. The van der Waals surface area contributed by atoms with Gasteiger partial charge in [0.15, 0.2) is 11.9 Å². The number of aromatic nitrogens is 2. The van der Waals surface area contributed by atoms with Crippen LogP contribution < -0.4 is 4.57 Å². The molecule has 0 atom stereocenters. The van der Waals surface area contributed by atoms with Gasteiger partial charge in [-0.3, -0.25) is 4.98 Å². The summed E-state index contributed by atoms with van der Waals surface area (Å²) in [6, 6.07) is 3.72. The Hall–Kier alpha value is -2.12. The van der Waals surface area contributed by atoms with Gasteiger partial charge in [-0.25, -0.2) is 0 Å². The Balaban J connectivity index is 2.77. The summed E-state index contributed by atoms with van der Waals surface area (Å²) < 4.78 is 78.9. The normalized spacial score (nSPS) is 12.5. The summed E-state index contributed by atoms with van der Waals surface area (Å²) >= 11 is 0. The third-order valence-corrected chi connectivity index (χ3v) is 3.17. The summed E-state index contributed by atoms with van der Waals surface area (Å²) in [6.07, 6.45) is -7.50. The standard InChI is InChI=1S/C14H11F6N2/c1-8-4-3-7-22(12(8)14(18,19)20)10-5-6-21-11(9(10)2)13(15,16)17/h3-7H,1-2H3/q+1.